The summed E-state index contributed by atoms with van der Waals surface area (Å²) >= 11 is 0. The van der Waals surface area contributed by atoms with Crippen LogP contribution in [-0.4, -0.2) is 57.5 Å². The molecule has 0 atom stereocenters. The van der Waals surface area contributed by atoms with E-state index in [2.05, 4.69) is 44.7 Å². The summed E-state index contributed by atoms with van der Waals surface area (Å²) in [5.74, 6) is 1.17. The van der Waals surface area contributed by atoms with Crippen molar-refractivity contribution < 1.29 is 4.79 Å². The predicted molar refractivity (Wildman–Crippen MR) is 124 cm³/mol. The lowest BCUT2D eigenvalue weighted by Gasteiger charge is -2.20. The minimum atomic E-state index is -0.00642. The van der Waals surface area contributed by atoms with Gasteiger partial charge in [0.25, 0.3) is 5.91 Å². The predicted octanol–water partition coefficient (Wildman–Crippen LogP) is 4.23. The van der Waals surface area contributed by atoms with Crippen LogP contribution in [0, 0.1) is 0 Å². The average molecular weight is 422 g/mol. The van der Waals surface area contributed by atoms with Crippen LogP contribution in [0.3, 0.4) is 0 Å². The topological polar surface area (TPSA) is 79.2 Å². The van der Waals surface area contributed by atoms with Crippen molar-refractivity contribution >= 4 is 34.4 Å². The first-order chi connectivity index (χ1) is 15.0. The molecule has 0 unspecified atom stereocenters. The molecule has 3 aromatic rings. The van der Waals surface area contributed by atoms with E-state index in [0.29, 0.717) is 23.5 Å². The molecule has 1 fully saturated rings. The summed E-state index contributed by atoms with van der Waals surface area (Å²) in [4.78, 5) is 30.5. The summed E-state index contributed by atoms with van der Waals surface area (Å²) in [6, 6.07) is 6.20. The van der Waals surface area contributed by atoms with Crippen molar-refractivity contribution in [3.05, 3.63) is 36.3 Å². The number of amides is 1. The van der Waals surface area contributed by atoms with Crippen LogP contribution in [0.4, 0.5) is 17.5 Å². The molecule has 3 aromatic heterocycles. The standard InChI is InChI=1S/C23H31N7O/c1-5-29(6-2)18-11-12-20(24-15-18)26-23-25-14-16-13-19(22(31)28(3)4)30(21(16)27-23)17-9-7-8-10-17/h11-15,17H,5-10H2,1-4H3,(H,24,25,26,27). The van der Waals surface area contributed by atoms with E-state index in [1.54, 1.807) is 25.2 Å². The normalized spacial score (nSPS) is 14.2. The van der Waals surface area contributed by atoms with E-state index < -0.39 is 0 Å². The Balaban J connectivity index is 1.67. The highest BCUT2D eigenvalue weighted by Gasteiger charge is 2.26. The number of aromatic nitrogens is 4. The molecular formula is C23H31N7O. The Labute approximate surface area is 183 Å². The molecule has 164 valence electrons. The Hall–Kier alpha value is -3.16. The Morgan fingerprint density at radius 3 is 2.48 bits per heavy atom. The Morgan fingerprint density at radius 2 is 1.87 bits per heavy atom. The molecule has 0 spiro atoms. The van der Waals surface area contributed by atoms with Gasteiger partial charge in [-0.1, -0.05) is 12.8 Å². The van der Waals surface area contributed by atoms with Crippen molar-refractivity contribution in [3.8, 4) is 0 Å². The second kappa shape index (κ2) is 8.91. The zero-order valence-electron chi connectivity index (χ0n) is 18.8. The molecule has 0 aliphatic heterocycles. The molecule has 1 saturated carbocycles. The minimum absolute atomic E-state index is 0.00642. The van der Waals surface area contributed by atoms with Gasteiger partial charge in [0, 0.05) is 44.8 Å². The summed E-state index contributed by atoms with van der Waals surface area (Å²) in [6.07, 6.45) is 8.14. The lowest BCUT2D eigenvalue weighted by molar-refractivity contribution is 0.0815. The molecule has 8 heteroatoms. The van der Waals surface area contributed by atoms with Crippen LogP contribution in [0.2, 0.25) is 0 Å². The number of carbonyl (C=O) groups is 1. The van der Waals surface area contributed by atoms with Crippen molar-refractivity contribution in [3.63, 3.8) is 0 Å². The zero-order chi connectivity index (χ0) is 22.0. The average Bonchev–Trinajstić information content (AvgIpc) is 3.42. The fourth-order valence-corrected chi connectivity index (χ4v) is 4.34. The Kier molecular flexibility index (Phi) is 6.06. The molecule has 31 heavy (non-hydrogen) atoms. The van der Waals surface area contributed by atoms with Gasteiger partial charge in [-0.15, -0.1) is 0 Å². The van der Waals surface area contributed by atoms with Gasteiger partial charge >= 0.3 is 0 Å². The number of nitrogens with one attached hydrogen (secondary N) is 1. The highest BCUT2D eigenvalue weighted by atomic mass is 16.2. The molecule has 0 bridgehead atoms. The van der Waals surface area contributed by atoms with Crippen molar-refractivity contribution in [2.75, 3.05) is 37.4 Å². The van der Waals surface area contributed by atoms with Crippen molar-refractivity contribution in [1.29, 1.82) is 0 Å². The summed E-state index contributed by atoms with van der Waals surface area (Å²) in [7, 11) is 3.57. The number of rotatable bonds is 7. The van der Waals surface area contributed by atoms with E-state index in [9.17, 15) is 4.79 Å². The molecule has 1 aliphatic rings. The van der Waals surface area contributed by atoms with Gasteiger partial charge in [-0.3, -0.25) is 4.79 Å². The van der Waals surface area contributed by atoms with Gasteiger partial charge in [0.2, 0.25) is 5.95 Å². The second-order valence-corrected chi connectivity index (χ2v) is 8.21. The quantitative estimate of drug-likeness (QED) is 0.615. The summed E-state index contributed by atoms with van der Waals surface area (Å²) < 4.78 is 2.12. The highest BCUT2D eigenvalue weighted by molar-refractivity contribution is 5.97. The van der Waals surface area contributed by atoms with E-state index in [4.69, 9.17) is 4.98 Å². The third kappa shape index (κ3) is 4.19. The summed E-state index contributed by atoms with van der Waals surface area (Å²) in [5.41, 5.74) is 2.57. The van der Waals surface area contributed by atoms with Crippen molar-refractivity contribution in [2.45, 2.75) is 45.6 Å². The lowest BCUT2D eigenvalue weighted by atomic mass is 10.2. The molecule has 1 amide bonds. The maximum Gasteiger partial charge on any atom is 0.270 e. The SMILES string of the molecule is CCN(CC)c1ccc(Nc2ncc3cc(C(=O)N(C)C)n(C4CCCC4)c3n2)nc1. The molecule has 1 aliphatic carbocycles. The smallest absolute Gasteiger partial charge is 0.270 e. The van der Waals surface area contributed by atoms with Crippen LogP contribution >= 0.6 is 0 Å². The minimum Gasteiger partial charge on any atom is -0.371 e. The molecular weight excluding hydrogens is 390 g/mol. The first-order valence-electron chi connectivity index (χ1n) is 11.1. The van der Waals surface area contributed by atoms with Crippen LogP contribution in [0.5, 0.6) is 0 Å². The first kappa shape index (κ1) is 21.1. The molecule has 0 saturated heterocycles. The monoisotopic (exact) mass is 421 g/mol. The van der Waals surface area contributed by atoms with Crippen LogP contribution in [0.1, 0.15) is 56.1 Å². The van der Waals surface area contributed by atoms with Gasteiger partial charge in [-0.05, 0) is 44.9 Å². The number of nitrogens with zero attached hydrogens (tertiary/aromatic N) is 6. The molecule has 4 rings (SSSR count). The van der Waals surface area contributed by atoms with Gasteiger partial charge < -0.3 is 19.7 Å². The maximum absolute atomic E-state index is 12.8. The number of hydrogen-bond donors (Lipinski definition) is 1. The number of carbonyl (C=O) groups excluding carboxylic acids is 1. The van der Waals surface area contributed by atoms with E-state index in [0.717, 1.165) is 42.7 Å². The van der Waals surface area contributed by atoms with Crippen LogP contribution in [0.15, 0.2) is 30.6 Å². The van der Waals surface area contributed by atoms with Crippen LogP contribution in [0.25, 0.3) is 11.0 Å². The number of fused-ring (bicyclic) bond motifs is 1. The number of pyridine rings is 1. The fraction of sp³-hybridized carbons (Fsp3) is 0.478. The summed E-state index contributed by atoms with van der Waals surface area (Å²) in [5, 5.41) is 4.10. The zero-order valence-corrected chi connectivity index (χ0v) is 18.8. The Morgan fingerprint density at radius 1 is 1.13 bits per heavy atom. The second-order valence-electron chi connectivity index (χ2n) is 8.21. The first-order valence-corrected chi connectivity index (χ1v) is 11.1. The fourth-order valence-electron chi connectivity index (χ4n) is 4.34. The molecule has 3 heterocycles. The molecule has 0 aromatic carbocycles. The number of hydrogen-bond acceptors (Lipinski definition) is 6. The van der Waals surface area contributed by atoms with E-state index in [1.807, 2.05) is 18.3 Å². The molecule has 8 nitrogen and oxygen atoms in total. The summed E-state index contributed by atoms with van der Waals surface area (Å²) in [6.45, 7) is 6.15. The van der Waals surface area contributed by atoms with Crippen LogP contribution < -0.4 is 10.2 Å². The van der Waals surface area contributed by atoms with Gasteiger partial charge in [0.15, 0.2) is 0 Å². The lowest BCUT2D eigenvalue weighted by Crippen LogP contribution is -2.25. The largest absolute Gasteiger partial charge is 0.371 e. The van der Waals surface area contributed by atoms with E-state index in [-0.39, 0.29) is 5.91 Å². The van der Waals surface area contributed by atoms with Gasteiger partial charge in [0.1, 0.15) is 17.2 Å². The Bertz CT molecular complexity index is 1050. The van der Waals surface area contributed by atoms with E-state index >= 15 is 0 Å². The maximum atomic E-state index is 12.8. The third-order valence-corrected chi connectivity index (χ3v) is 6.01. The van der Waals surface area contributed by atoms with Gasteiger partial charge in [0.05, 0.1) is 11.9 Å². The van der Waals surface area contributed by atoms with E-state index in [1.165, 1.54) is 12.8 Å². The molecule has 1 N–H and O–H groups in total. The van der Waals surface area contributed by atoms with Crippen molar-refractivity contribution in [1.82, 2.24) is 24.4 Å². The van der Waals surface area contributed by atoms with Crippen molar-refractivity contribution in [2.24, 2.45) is 0 Å². The molecule has 0 radical (unpaired) electrons. The van der Waals surface area contributed by atoms with Gasteiger partial charge in [-0.2, -0.15) is 4.98 Å². The highest BCUT2D eigenvalue weighted by Crippen LogP contribution is 2.34. The van der Waals surface area contributed by atoms with Crippen LogP contribution in [-0.2, 0) is 0 Å². The third-order valence-electron chi connectivity index (χ3n) is 6.01. The number of anilines is 3. The van der Waals surface area contributed by atoms with Gasteiger partial charge in [-0.25, -0.2) is 9.97 Å².